The minimum Gasteiger partial charge on any atom is -0.394 e. The molecular formula is C23H36BrN3O5. The summed E-state index contributed by atoms with van der Waals surface area (Å²) in [4.78, 5) is 41.9. The quantitative estimate of drug-likeness (QED) is 0.445. The zero-order valence-corrected chi connectivity index (χ0v) is 20.8. The molecule has 1 saturated carbocycles. The number of aliphatic hydroxyl groups excluding tert-OH is 1. The third-order valence-corrected chi connectivity index (χ3v) is 8.67. The largest absolute Gasteiger partial charge is 0.394 e. The van der Waals surface area contributed by atoms with E-state index in [2.05, 4.69) is 26.6 Å². The first-order chi connectivity index (χ1) is 15.2. The molecule has 3 aliphatic heterocycles. The monoisotopic (exact) mass is 513 g/mol. The van der Waals surface area contributed by atoms with Crippen molar-refractivity contribution >= 4 is 33.7 Å². The highest BCUT2D eigenvalue weighted by atomic mass is 79.9. The molecule has 8 nitrogen and oxygen atoms in total. The minimum atomic E-state index is -1.06. The maximum absolute atomic E-state index is 13.9. The van der Waals surface area contributed by atoms with Gasteiger partial charge in [0.2, 0.25) is 17.7 Å². The molecule has 0 radical (unpaired) electrons. The number of aliphatic hydroxyl groups is 1. The first-order valence-corrected chi connectivity index (χ1v) is 12.9. The Hall–Kier alpha value is -1.19. The lowest BCUT2D eigenvalue weighted by atomic mass is 9.70. The Balaban J connectivity index is 1.73. The second-order valence-corrected chi connectivity index (χ2v) is 11.5. The molecule has 0 aromatic heterocycles. The van der Waals surface area contributed by atoms with Crippen molar-refractivity contribution in [1.82, 2.24) is 15.5 Å². The standard InChI is InChI=1S/C23H36BrN3O5/c1-12(2)9-14(11-28)27-19(21(30)26-13-7-5-4-6-8-13)23-10-15(24)18(32-23)16(20(29)25-3)17(23)22(27)31/h12-19,28H,4-11H2,1-3H3,(H,25,29)(H,26,30)/t14-,15?,16-,17+,18-,19?,23?/m1/s1. The van der Waals surface area contributed by atoms with Crippen molar-refractivity contribution in [3.05, 3.63) is 0 Å². The summed E-state index contributed by atoms with van der Waals surface area (Å²) in [5.74, 6) is -1.84. The number of halogens is 1. The number of hydrogen-bond donors (Lipinski definition) is 3. The van der Waals surface area contributed by atoms with Crippen LogP contribution in [0.25, 0.3) is 0 Å². The molecule has 9 heteroatoms. The molecule has 4 rings (SSSR count). The van der Waals surface area contributed by atoms with Crippen LogP contribution in [0, 0.1) is 17.8 Å². The van der Waals surface area contributed by atoms with Crippen molar-refractivity contribution in [2.45, 2.75) is 93.5 Å². The smallest absolute Gasteiger partial charge is 0.246 e. The SMILES string of the molecule is CNC(=O)[C@H]1[C@@H]2OC3(CC2Br)C(C(=O)NC2CCCCC2)N([C@@H](CO)CC(C)C)C(=O)[C@H]13. The number of ether oxygens (including phenoxy) is 1. The van der Waals surface area contributed by atoms with Gasteiger partial charge in [-0.3, -0.25) is 14.4 Å². The molecule has 3 N–H and O–H groups in total. The lowest BCUT2D eigenvalue weighted by Gasteiger charge is -2.38. The number of rotatable bonds is 7. The highest BCUT2D eigenvalue weighted by Crippen LogP contribution is 2.60. The van der Waals surface area contributed by atoms with E-state index >= 15 is 0 Å². The van der Waals surface area contributed by atoms with Gasteiger partial charge < -0.3 is 25.4 Å². The molecule has 3 unspecified atom stereocenters. The zero-order chi connectivity index (χ0) is 23.2. The number of alkyl halides is 1. The summed E-state index contributed by atoms with van der Waals surface area (Å²) < 4.78 is 6.44. The number of fused-ring (bicyclic) bond motifs is 1. The third-order valence-electron chi connectivity index (χ3n) is 7.82. The van der Waals surface area contributed by atoms with Gasteiger partial charge in [0.25, 0.3) is 0 Å². The molecule has 4 aliphatic rings. The molecule has 32 heavy (non-hydrogen) atoms. The number of hydrogen-bond acceptors (Lipinski definition) is 5. The van der Waals surface area contributed by atoms with E-state index in [0.29, 0.717) is 12.8 Å². The van der Waals surface area contributed by atoms with Gasteiger partial charge in [-0.25, -0.2) is 0 Å². The Bertz CT molecular complexity index is 758. The fraction of sp³-hybridized carbons (Fsp3) is 0.870. The maximum Gasteiger partial charge on any atom is 0.246 e. The van der Waals surface area contributed by atoms with Gasteiger partial charge in [-0.2, -0.15) is 0 Å². The summed E-state index contributed by atoms with van der Waals surface area (Å²) in [7, 11) is 1.56. The highest BCUT2D eigenvalue weighted by Gasteiger charge is 2.77. The second-order valence-electron chi connectivity index (χ2n) is 10.3. The van der Waals surface area contributed by atoms with Crippen LogP contribution in [0.5, 0.6) is 0 Å². The van der Waals surface area contributed by atoms with Crippen molar-refractivity contribution in [1.29, 1.82) is 0 Å². The van der Waals surface area contributed by atoms with Crippen LogP contribution in [0.2, 0.25) is 0 Å². The Morgan fingerprint density at radius 1 is 1.25 bits per heavy atom. The average Bonchev–Trinajstić information content (AvgIpc) is 3.35. The van der Waals surface area contributed by atoms with Crippen LogP contribution in [0.15, 0.2) is 0 Å². The van der Waals surface area contributed by atoms with Gasteiger partial charge in [0, 0.05) is 17.9 Å². The van der Waals surface area contributed by atoms with Crippen molar-refractivity contribution in [3.63, 3.8) is 0 Å². The zero-order valence-electron chi connectivity index (χ0n) is 19.2. The molecule has 1 aliphatic carbocycles. The lowest BCUT2D eigenvalue weighted by molar-refractivity contribution is -0.146. The fourth-order valence-corrected chi connectivity index (χ4v) is 7.52. The van der Waals surface area contributed by atoms with E-state index in [9.17, 15) is 19.5 Å². The number of carbonyl (C=O) groups excluding carboxylic acids is 3. The van der Waals surface area contributed by atoms with Gasteiger partial charge in [-0.1, -0.05) is 49.0 Å². The minimum absolute atomic E-state index is 0.0921. The second kappa shape index (κ2) is 9.22. The molecule has 7 atom stereocenters. The van der Waals surface area contributed by atoms with E-state index in [0.717, 1.165) is 25.7 Å². The van der Waals surface area contributed by atoms with E-state index in [-0.39, 0.29) is 41.1 Å². The Labute approximate surface area is 198 Å². The summed E-state index contributed by atoms with van der Waals surface area (Å²) in [6.07, 6.45) is 5.82. The van der Waals surface area contributed by atoms with Crippen molar-refractivity contribution in [3.8, 4) is 0 Å². The molecule has 4 fully saturated rings. The lowest BCUT2D eigenvalue weighted by Crippen LogP contribution is -2.59. The van der Waals surface area contributed by atoms with E-state index in [1.807, 2.05) is 13.8 Å². The number of nitrogens with one attached hydrogen (secondary N) is 2. The number of carbonyl (C=O) groups is 3. The summed E-state index contributed by atoms with van der Waals surface area (Å²) in [5, 5.41) is 16.1. The molecule has 3 amide bonds. The Morgan fingerprint density at radius 2 is 1.94 bits per heavy atom. The number of nitrogens with zero attached hydrogens (tertiary/aromatic N) is 1. The molecule has 0 aromatic carbocycles. The van der Waals surface area contributed by atoms with E-state index in [1.165, 1.54) is 6.42 Å². The molecular weight excluding hydrogens is 478 g/mol. The third kappa shape index (κ3) is 3.78. The van der Waals surface area contributed by atoms with Gasteiger partial charge in [0.1, 0.15) is 11.6 Å². The normalized spacial score (nSPS) is 37.6. The number of amides is 3. The summed E-state index contributed by atoms with van der Waals surface area (Å²) in [6, 6.07) is -1.25. The molecule has 3 heterocycles. The van der Waals surface area contributed by atoms with Crippen LogP contribution in [0.1, 0.15) is 58.8 Å². The van der Waals surface area contributed by atoms with Gasteiger partial charge in [-0.15, -0.1) is 0 Å². The van der Waals surface area contributed by atoms with Crippen LogP contribution in [0.4, 0.5) is 0 Å². The van der Waals surface area contributed by atoms with Gasteiger partial charge in [0.15, 0.2) is 0 Å². The summed E-state index contributed by atoms with van der Waals surface area (Å²) >= 11 is 3.66. The first kappa shape index (κ1) is 24.0. The average molecular weight is 514 g/mol. The van der Waals surface area contributed by atoms with Crippen LogP contribution >= 0.6 is 15.9 Å². The van der Waals surface area contributed by atoms with Crippen molar-refractivity contribution in [2.24, 2.45) is 17.8 Å². The van der Waals surface area contributed by atoms with Gasteiger partial charge >= 0.3 is 0 Å². The van der Waals surface area contributed by atoms with E-state index in [4.69, 9.17) is 4.74 Å². The van der Waals surface area contributed by atoms with Crippen molar-refractivity contribution < 1.29 is 24.2 Å². The van der Waals surface area contributed by atoms with Crippen LogP contribution in [-0.2, 0) is 19.1 Å². The van der Waals surface area contributed by atoms with Crippen LogP contribution < -0.4 is 10.6 Å². The number of likely N-dealkylation sites (tertiary alicyclic amines) is 1. The van der Waals surface area contributed by atoms with E-state index < -0.39 is 35.6 Å². The molecule has 1 spiro atoms. The fourth-order valence-electron chi connectivity index (χ4n) is 6.57. The predicted octanol–water partition coefficient (Wildman–Crippen LogP) is 1.34. The maximum atomic E-state index is 13.9. The topological polar surface area (TPSA) is 108 Å². The van der Waals surface area contributed by atoms with Crippen LogP contribution in [-0.4, -0.2) is 76.0 Å². The van der Waals surface area contributed by atoms with Gasteiger partial charge in [-0.05, 0) is 31.6 Å². The molecule has 0 aromatic rings. The van der Waals surface area contributed by atoms with E-state index in [1.54, 1.807) is 11.9 Å². The van der Waals surface area contributed by atoms with Crippen molar-refractivity contribution in [2.75, 3.05) is 13.7 Å². The molecule has 2 bridgehead atoms. The molecule has 180 valence electrons. The van der Waals surface area contributed by atoms with Crippen LogP contribution in [0.3, 0.4) is 0 Å². The predicted molar refractivity (Wildman–Crippen MR) is 122 cm³/mol. The Kier molecular flexibility index (Phi) is 6.90. The van der Waals surface area contributed by atoms with Gasteiger partial charge in [0.05, 0.1) is 30.6 Å². The Morgan fingerprint density at radius 3 is 2.53 bits per heavy atom. The summed E-state index contributed by atoms with van der Waals surface area (Å²) in [5.41, 5.74) is -1.06. The highest BCUT2D eigenvalue weighted by molar-refractivity contribution is 9.09. The summed E-state index contributed by atoms with van der Waals surface area (Å²) in [6.45, 7) is 3.83. The molecule has 3 saturated heterocycles. The first-order valence-electron chi connectivity index (χ1n) is 12.0.